The first kappa shape index (κ1) is 9.81. The van der Waals surface area contributed by atoms with Crippen LogP contribution < -0.4 is 0 Å². The summed E-state index contributed by atoms with van der Waals surface area (Å²) in [6, 6.07) is 0. The maximum absolute atomic E-state index is 10.7. The summed E-state index contributed by atoms with van der Waals surface area (Å²) in [5.74, 6) is 1.43. The first-order valence-electron chi connectivity index (χ1n) is 5.86. The van der Waals surface area contributed by atoms with Crippen LogP contribution in [0.3, 0.4) is 0 Å². The quantitative estimate of drug-likeness (QED) is 0.838. The van der Waals surface area contributed by atoms with Gasteiger partial charge in [0.15, 0.2) is 5.69 Å². The fraction of sp³-hybridized carbons (Fsp3) is 0.727. The fourth-order valence-electron chi connectivity index (χ4n) is 3.33. The average molecular weight is 221 g/mol. The molecule has 5 nitrogen and oxygen atoms in total. The van der Waals surface area contributed by atoms with Crippen LogP contribution in [0.2, 0.25) is 0 Å². The second kappa shape index (κ2) is 3.57. The number of aromatic carboxylic acids is 1. The lowest BCUT2D eigenvalue weighted by molar-refractivity contribution is 0.0690. The molecule has 0 saturated heterocycles. The average Bonchev–Trinajstić information content (AvgIpc) is 2.91. The van der Waals surface area contributed by atoms with Crippen LogP contribution in [-0.4, -0.2) is 26.1 Å². The predicted molar refractivity (Wildman–Crippen MR) is 55.9 cm³/mol. The van der Waals surface area contributed by atoms with Crippen molar-refractivity contribution in [2.45, 2.75) is 32.2 Å². The Bertz CT molecular complexity index is 415. The Kier molecular flexibility index (Phi) is 2.19. The van der Waals surface area contributed by atoms with Crippen LogP contribution in [0.25, 0.3) is 0 Å². The molecular formula is C11H15N3O2. The smallest absolute Gasteiger partial charge is 0.358 e. The molecule has 2 saturated carbocycles. The van der Waals surface area contributed by atoms with Crippen molar-refractivity contribution in [3.63, 3.8) is 0 Å². The molecule has 5 heteroatoms. The fourth-order valence-corrected chi connectivity index (χ4v) is 3.33. The number of carbonyl (C=O) groups is 1. The van der Waals surface area contributed by atoms with E-state index in [2.05, 4.69) is 10.3 Å². The second-order valence-electron chi connectivity index (χ2n) is 5.07. The molecule has 2 aliphatic carbocycles. The summed E-state index contributed by atoms with van der Waals surface area (Å²) in [4.78, 5) is 10.7. The minimum absolute atomic E-state index is 0.0446. The Labute approximate surface area is 93.5 Å². The van der Waals surface area contributed by atoms with E-state index >= 15 is 0 Å². The summed E-state index contributed by atoms with van der Waals surface area (Å²) in [6.45, 7) is 0.835. The Hall–Kier alpha value is -1.39. The highest BCUT2D eigenvalue weighted by Gasteiger charge is 2.39. The molecule has 1 heterocycles. The van der Waals surface area contributed by atoms with Crippen LogP contribution in [0.15, 0.2) is 6.20 Å². The standard InChI is InChI=1S/C11H15N3O2/c15-11(16)10-6-14(13-12-10)5-9-4-7-1-2-8(9)3-7/h6-9H,1-5H2,(H,15,16). The molecule has 1 aromatic rings. The predicted octanol–water partition coefficient (Wildman–Crippen LogP) is 1.41. The number of hydrogen-bond donors (Lipinski definition) is 1. The van der Waals surface area contributed by atoms with Crippen molar-refractivity contribution in [2.75, 3.05) is 0 Å². The largest absolute Gasteiger partial charge is 0.476 e. The molecule has 0 aromatic carbocycles. The number of aromatic nitrogens is 3. The topological polar surface area (TPSA) is 68.0 Å². The van der Waals surface area contributed by atoms with Gasteiger partial charge in [0, 0.05) is 6.54 Å². The van der Waals surface area contributed by atoms with Crippen molar-refractivity contribution in [1.29, 1.82) is 0 Å². The zero-order valence-corrected chi connectivity index (χ0v) is 9.04. The Morgan fingerprint density at radius 2 is 2.38 bits per heavy atom. The third-order valence-electron chi connectivity index (χ3n) is 4.06. The minimum atomic E-state index is -1.00. The van der Waals surface area contributed by atoms with Crippen LogP contribution in [-0.2, 0) is 6.54 Å². The van der Waals surface area contributed by atoms with Crippen molar-refractivity contribution in [3.8, 4) is 0 Å². The summed E-state index contributed by atoms with van der Waals surface area (Å²) in [5.41, 5.74) is 0.0446. The molecule has 2 fully saturated rings. The van der Waals surface area contributed by atoms with Gasteiger partial charge in [0.1, 0.15) is 0 Å². The van der Waals surface area contributed by atoms with Crippen molar-refractivity contribution in [2.24, 2.45) is 17.8 Å². The van der Waals surface area contributed by atoms with Gasteiger partial charge >= 0.3 is 5.97 Å². The highest BCUT2D eigenvalue weighted by atomic mass is 16.4. The van der Waals surface area contributed by atoms with Gasteiger partial charge in [0.25, 0.3) is 0 Å². The van der Waals surface area contributed by atoms with E-state index in [9.17, 15) is 4.79 Å². The van der Waals surface area contributed by atoms with Crippen LogP contribution in [0.1, 0.15) is 36.2 Å². The molecule has 3 unspecified atom stereocenters. The number of hydrogen-bond acceptors (Lipinski definition) is 3. The van der Waals surface area contributed by atoms with E-state index in [0.717, 1.165) is 18.4 Å². The first-order chi connectivity index (χ1) is 7.72. The molecule has 2 aliphatic rings. The van der Waals surface area contributed by atoms with Crippen LogP contribution >= 0.6 is 0 Å². The van der Waals surface area contributed by atoms with Crippen molar-refractivity contribution in [3.05, 3.63) is 11.9 Å². The van der Waals surface area contributed by atoms with E-state index in [1.807, 2.05) is 0 Å². The molecule has 16 heavy (non-hydrogen) atoms. The Balaban J connectivity index is 1.68. The van der Waals surface area contributed by atoms with Crippen molar-refractivity contribution < 1.29 is 9.90 Å². The SMILES string of the molecule is O=C(O)c1cn(CC2CC3CCC2C3)nn1. The van der Waals surface area contributed by atoms with Gasteiger partial charge in [-0.3, -0.25) is 4.68 Å². The number of fused-ring (bicyclic) bond motifs is 2. The van der Waals surface area contributed by atoms with Gasteiger partial charge in [0.2, 0.25) is 0 Å². The molecule has 0 spiro atoms. The van der Waals surface area contributed by atoms with E-state index in [-0.39, 0.29) is 5.69 Å². The third kappa shape index (κ3) is 1.60. The van der Waals surface area contributed by atoms with Gasteiger partial charge in [-0.1, -0.05) is 11.6 Å². The zero-order valence-electron chi connectivity index (χ0n) is 9.04. The summed E-state index contributed by atoms with van der Waals surface area (Å²) < 4.78 is 1.69. The Morgan fingerprint density at radius 1 is 1.50 bits per heavy atom. The van der Waals surface area contributed by atoms with Gasteiger partial charge in [-0.05, 0) is 37.0 Å². The lowest BCUT2D eigenvalue weighted by Gasteiger charge is -2.20. The van der Waals surface area contributed by atoms with Crippen LogP contribution in [0.4, 0.5) is 0 Å². The molecule has 0 aliphatic heterocycles. The number of nitrogens with zero attached hydrogens (tertiary/aromatic N) is 3. The molecule has 86 valence electrons. The third-order valence-corrected chi connectivity index (χ3v) is 4.06. The van der Waals surface area contributed by atoms with Gasteiger partial charge in [-0.25, -0.2) is 4.79 Å². The summed E-state index contributed by atoms with van der Waals surface area (Å²) in [6.07, 6.45) is 6.92. The maximum Gasteiger partial charge on any atom is 0.358 e. The van der Waals surface area contributed by atoms with E-state index in [1.165, 1.54) is 31.9 Å². The summed E-state index contributed by atoms with van der Waals surface area (Å²) in [5, 5.41) is 16.3. The van der Waals surface area contributed by atoms with E-state index in [1.54, 1.807) is 4.68 Å². The lowest BCUT2D eigenvalue weighted by atomic mass is 9.89. The molecule has 1 aromatic heterocycles. The van der Waals surface area contributed by atoms with Crippen LogP contribution in [0, 0.1) is 17.8 Å². The number of rotatable bonds is 3. The molecule has 3 rings (SSSR count). The van der Waals surface area contributed by atoms with E-state index in [0.29, 0.717) is 5.92 Å². The minimum Gasteiger partial charge on any atom is -0.476 e. The van der Waals surface area contributed by atoms with Gasteiger partial charge in [0.05, 0.1) is 6.20 Å². The molecule has 0 amide bonds. The molecular weight excluding hydrogens is 206 g/mol. The zero-order chi connectivity index (χ0) is 11.1. The molecule has 0 radical (unpaired) electrons. The maximum atomic E-state index is 10.7. The van der Waals surface area contributed by atoms with Gasteiger partial charge in [-0.2, -0.15) is 0 Å². The molecule has 1 N–H and O–H groups in total. The first-order valence-corrected chi connectivity index (χ1v) is 5.86. The Morgan fingerprint density at radius 3 is 2.94 bits per heavy atom. The highest BCUT2D eigenvalue weighted by molar-refractivity contribution is 5.84. The number of carboxylic acids is 1. The molecule has 3 atom stereocenters. The summed E-state index contributed by atoms with van der Waals surface area (Å²) in [7, 11) is 0. The molecule has 2 bridgehead atoms. The second-order valence-corrected chi connectivity index (χ2v) is 5.07. The van der Waals surface area contributed by atoms with Crippen LogP contribution in [0.5, 0.6) is 0 Å². The summed E-state index contributed by atoms with van der Waals surface area (Å²) >= 11 is 0. The number of carboxylic acid groups (broad SMARTS) is 1. The van der Waals surface area contributed by atoms with E-state index < -0.39 is 5.97 Å². The van der Waals surface area contributed by atoms with Crippen molar-refractivity contribution >= 4 is 5.97 Å². The van der Waals surface area contributed by atoms with E-state index in [4.69, 9.17) is 5.11 Å². The van der Waals surface area contributed by atoms with Crippen molar-refractivity contribution in [1.82, 2.24) is 15.0 Å². The van der Waals surface area contributed by atoms with Gasteiger partial charge in [-0.15, -0.1) is 5.10 Å². The lowest BCUT2D eigenvalue weighted by Crippen LogP contribution is -2.17. The normalized spacial score (nSPS) is 32.1. The monoisotopic (exact) mass is 221 g/mol. The van der Waals surface area contributed by atoms with Gasteiger partial charge < -0.3 is 5.11 Å². The highest BCUT2D eigenvalue weighted by Crippen LogP contribution is 2.48.